The van der Waals surface area contributed by atoms with E-state index in [1.54, 1.807) is 11.8 Å². The second-order valence-electron chi connectivity index (χ2n) is 6.05. The van der Waals surface area contributed by atoms with Crippen molar-refractivity contribution in [1.82, 2.24) is 10.2 Å². The lowest BCUT2D eigenvalue weighted by molar-refractivity contribution is -0.132. The molecule has 22 heavy (non-hydrogen) atoms. The van der Waals surface area contributed by atoms with Crippen LogP contribution in [0.3, 0.4) is 0 Å². The number of thioether (sulfide) groups is 1. The monoisotopic (exact) mass is 333 g/mol. The summed E-state index contributed by atoms with van der Waals surface area (Å²) in [5, 5.41) is 2.74. The normalized spacial score (nSPS) is 11.6. The van der Waals surface area contributed by atoms with Gasteiger partial charge < -0.3 is 10.2 Å². The number of carbonyl (C=O) groups excluding carboxylic acids is 2. The van der Waals surface area contributed by atoms with Crippen molar-refractivity contribution in [2.24, 2.45) is 5.90 Å². The molecular weight excluding hydrogens is 302 g/mol. The van der Waals surface area contributed by atoms with E-state index in [1.165, 1.54) is 0 Å². The van der Waals surface area contributed by atoms with E-state index in [4.69, 9.17) is 5.90 Å². The van der Waals surface area contributed by atoms with Crippen molar-refractivity contribution in [2.45, 2.75) is 58.2 Å². The topological polar surface area (TPSA) is 84.7 Å². The van der Waals surface area contributed by atoms with Gasteiger partial charge in [-0.2, -0.15) is 11.8 Å². The number of nitrogens with two attached hydrogens (primary N) is 1. The smallest absolute Gasteiger partial charge is 0.248 e. The van der Waals surface area contributed by atoms with E-state index in [0.29, 0.717) is 13.0 Å². The number of rotatable bonds is 11. The Morgan fingerprint density at radius 3 is 2.50 bits per heavy atom. The Bertz CT molecular complexity index is 349. The zero-order valence-electron chi connectivity index (χ0n) is 14.5. The van der Waals surface area contributed by atoms with Gasteiger partial charge in [0.05, 0.1) is 0 Å². The third kappa shape index (κ3) is 9.27. The van der Waals surface area contributed by atoms with Gasteiger partial charge in [0.1, 0.15) is 6.61 Å². The minimum atomic E-state index is -0.208. The molecular formula is C15H31N3O3S. The highest BCUT2D eigenvalue weighted by molar-refractivity contribution is 8.00. The van der Waals surface area contributed by atoms with Gasteiger partial charge >= 0.3 is 0 Å². The summed E-state index contributed by atoms with van der Waals surface area (Å²) in [5.41, 5.74) is 0. The quantitative estimate of drug-likeness (QED) is 0.442. The third-order valence-corrected chi connectivity index (χ3v) is 4.73. The molecule has 0 aliphatic rings. The number of carbonyl (C=O) groups is 2. The third-order valence-electron chi connectivity index (χ3n) is 3.33. The van der Waals surface area contributed by atoms with E-state index >= 15 is 0 Å². The summed E-state index contributed by atoms with van der Waals surface area (Å²) in [6, 6.07) is 0.226. The first-order valence-electron chi connectivity index (χ1n) is 7.75. The van der Waals surface area contributed by atoms with Gasteiger partial charge in [-0.15, -0.1) is 0 Å². The molecule has 0 saturated carbocycles. The van der Waals surface area contributed by atoms with Crippen LogP contribution in [0, 0.1) is 0 Å². The average molecular weight is 333 g/mol. The highest BCUT2D eigenvalue weighted by atomic mass is 32.2. The largest absolute Gasteiger partial charge is 0.353 e. The second kappa shape index (κ2) is 10.9. The lowest BCUT2D eigenvalue weighted by Gasteiger charge is -2.31. The highest BCUT2D eigenvalue weighted by Crippen LogP contribution is 2.28. The summed E-state index contributed by atoms with van der Waals surface area (Å²) in [4.78, 5) is 29.3. The van der Waals surface area contributed by atoms with E-state index < -0.39 is 0 Å². The summed E-state index contributed by atoms with van der Waals surface area (Å²) >= 11 is 1.79. The van der Waals surface area contributed by atoms with E-state index in [-0.39, 0.29) is 29.2 Å². The first kappa shape index (κ1) is 21.2. The number of amides is 2. The fraction of sp³-hybridized carbons (Fsp3) is 0.867. The van der Waals surface area contributed by atoms with Gasteiger partial charge in [-0.25, -0.2) is 5.90 Å². The zero-order valence-corrected chi connectivity index (χ0v) is 15.3. The summed E-state index contributed by atoms with van der Waals surface area (Å²) in [5.74, 6) is 5.64. The van der Waals surface area contributed by atoms with Crippen LogP contribution in [-0.2, 0) is 14.4 Å². The molecule has 0 aliphatic carbocycles. The van der Waals surface area contributed by atoms with Gasteiger partial charge in [0.15, 0.2) is 0 Å². The molecule has 0 aromatic carbocycles. The molecule has 0 aromatic heterocycles. The number of hydrogen-bond acceptors (Lipinski definition) is 5. The molecule has 0 aliphatic heterocycles. The minimum Gasteiger partial charge on any atom is -0.353 e. The molecule has 0 atom stereocenters. The molecule has 0 radical (unpaired) electrons. The van der Waals surface area contributed by atoms with Crippen LogP contribution in [0.2, 0.25) is 0 Å². The standard InChI is InChI=1S/C15H31N3O3S/c1-6-14(20)18(12(2)3)9-7-15(4,5)22-10-8-17-13(19)11-21-16/h12H,6-11,16H2,1-5H3,(H,17,19). The van der Waals surface area contributed by atoms with Crippen LogP contribution in [0.4, 0.5) is 0 Å². The maximum absolute atomic E-state index is 11.9. The number of nitrogens with zero attached hydrogens (tertiary/aromatic N) is 1. The lowest BCUT2D eigenvalue weighted by atomic mass is 10.1. The van der Waals surface area contributed by atoms with Gasteiger partial charge in [-0.1, -0.05) is 20.8 Å². The summed E-state index contributed by atoms with van der Waals surface area (Å²) in [6.45, 7) is 11.5. The first-order chi connectivity index (χ1) is 10.2. The molecule has 0 aromatic rings. The van der Waals surface area contributed by atoms with Crippen molar-refractivity contribution in [3.05, 3.63) is 0 Å². The van der Waals surface area contributed by atoms with Crippen LogP contribution in [0.5, 0.6) is 0 Å². The highest BCUT2D eigenvalue weighted by Gasteiger charge is 2.22. The molecule has 0 heterocycles. The van der Waals surface area contributed by atoms with Gasteiger partial charge in [-0.05, 0) is 20.3 Å². The summed E-state index contributed by atoms with van der Waals surface area (Å²) in [6.07, 6.45) is 1.46. The van der Waals surface area contributed by atoms with Crippen LogP contribution in [0.25, 0.3) is 0 Å². The zero-order chi connectivity index (χ0) is 17.2. The molecule has 0 fully saturated rings. The molecule has 130 valence electrons. The van der Waals surface area contributed by atoms with Crippen molar-refractivity contribution in [3.63, 3.8) is 0 Å². The predicted octanol–water partition coefficient (Wildman–Crippen LogP) is 1.54. The van der Waals surface area contributed by atoms with Crippen molar-refractivity contribution in [1.29, 1.82) is 0 Å². The van der Waals surface area contributed by atoms with Crippen LogP contribution >= 0.6 is 11.8 Å². The Hall–Kier alpha value is -0.790. The Morgan fingerprint density at radius 2 is 2.00 bits per heavy atom. The molecule has 7 heteroatoms. The van der Waals surface area contributed by atoms with E-state index in [9.17, 15) is 9.59 Å². The van der Waals surface area contributed by atoms with Crippen LogP contribution in [0.15, 0.2) is 0 Å². The van der Waals surface area contributed by atoms with Crippen LogP contribution in [-0.4, -0.2) is 53.0 Å². The van der Waals surface area contributed by atoms with Gasteiger partial charge in [0.2, 0.25) is 11.8 Å². The fourth-order valence-electron chi connectivity index (χ4n) is 1.98. The molecule has 0 unspecified atom stereocenters. The predicted molar refractivity (Wildman–Crippen MR) is 91.4 cm³/mol. The minimum absolute atomic E-state index is 0.0518. The molecule has 0 spiro atoms. The van der Waals surface area contributed by atoms with Crippen molar-refractivity contribution in [2.75, 3.05) is 25.4 Å². The molecule has 6 nitrogen and oxygen atoms in total. The Morgan fingerprint density at radius 1 is 1.36 bits per heavy atom. The van der Waals surface area contributed by atoms with Crippen molar-refractivity contribution < 1.29 is 14.4 Å². The maximum atomic E-state index is 11.9. The maximum Gasteiger partial charge on any atom is 0.248 e. The molecule has 0 rings (SSSR count). The van der Waals surface area contributed by atoms with Crippen molar-refractivity contribution >= 4 is 23.6 Å². The van der Waals surface area contributed by atoms with Crippen LogP contribution in [0.1, 0.15) is 47.5 Å². The SMILES string of the molecule is CCC(=O)N(CCC(C)(C)SCCNC(=O)CON)C(C)C. The molecule has 0 saturated heterocycles. The van der Waals surface area contributed by atoms with Crippen LogP contribution < -0.4 is 11.2 Å². The second-order valence-corrected chi connectivity index (χ2v) is 7.86. The van der Waals surface area contributed by atoms with E-state index in [0.717, 1.165) is 18.7 Å². The van der Waals surface area contributed by atoms with Gasteiger partial charge in [-0.3, -0.25) is 14.4 Å². The van der Waals surface area contributed by atoms with Gasteiger partial charge in [0, 0.05) is 36.1 Å². The molecule has 3 N–H and O–H groups in total. The Labute approximate surface area is 138 Å². The molecule has 2 amide bonds. The summed E-state index contributed by atoms with van der Waals surface area (Å²) in [7, 11) is 0. The van der Waals surface area contributed by atoms with E-state index in [1.807, 2.05) is 25.7 Å². The van der Waals surface area contributed by atoms with Crippen molar-refractivity contribution in [3.8, 4) is 0 Å². The Kier molecular flexibility index (Phi) is 10.5. The number of nitrogens with one attached hydrogen (secondary N) is 1. The van der Waals surface area contributed by atoms with Gasteiger partial charge in [0.25, 0.3) is 0 Å². The average Bonchev–Trinajstić information content (AvgIpc) is 2.43. The first-order valence-corrected chi connectivity index (χ1v) is 8.74. The van der Waals surface area contributed by atoms with E-state index in [2.05, 4.69) is 24.0 Å². The molecule has 0 bridgehead atoms. The number of hydrogen-bond donors (Lipinski definition) is 2. The Balaban J connectivity index is 4.12. The lowest BCUT2D eigenvalue weighted by Crippen LogP contribution is -2.39. The summed E-state index contributed by atoms with van der Waals surface area (Å²) < 4.78 is 0.0518. The fourth-order valence-corrected chi connectivity index (χ4v) is 2.97.